The van der Waals surface area contributed by atoms with E-state index >= 15 is 0 Å². The van der Waals surface area contributed by atoms with E-state index in [0.29, 0.717) is 11.6 Å². The number of nitrogens with zero attached hydrogens (tertiary/aromatic N) is 4. The van der Waals surface area contributed by atoms with Gasteiger partial charge in [-0.25, -0.2) is 10.1 Å². The minimum atomic E-state index is 0.546. The molecule has 0 aliphatic rings. The van der Waals surface area contributed by atoms with Gasteiger partial charge in [0.2, 0.25) is 5.82 Å². The molecule has 2 heterocycles. The molecule has 0 aliphatic carbocycles. The summed E-state index contributed by atoms with van der Waals surface area (Å²) in [5.41, 5.74) is 0. The van der Waals surface area contributed by atoms with Gasteiger partial charge in [0.1, 0.15) is 0 Å². The van der Waals surface area contributed by atoms with Crippen LogP contribution in [0.1, 0.15) is 0 Å². The molecular weight excluding hydrogens is 132 g/mol. The van der Waals surface area contributed by atoms with Gasteiger partial charge in [0.05, 0.1) is 0 Å². The monoisotopic (exact) mass is 136 g/mol. The lowest BCUT2D eigenvalue weighted by Crippen LogP contribution is -1.81. The molecule has 0 aromatic carbocycles. The van der Waals surface area contributed by atoms with Crippen LogP contribution in [0.25, 0.3) is 11.6 Å². The van der Waals surface area contributed by atoms with Gasteiger partial charge in [0, 0.05) is 12.4 Å². The van der Waals surface area contributed by atoms with Crippen LogP contribution in [0.5, 0.6) is 0 Å². The predicted octanol–water partition coefficient (Wildman–Crippen LogP) is -0.410. The molecule has 0 unspecified atom stereocenters. The maximum absolute atomic E-state index is 3.93. The molecule has 0 saturated heterocycles. The first kappa shape index (κ1) is 5.10. The molecule has 0 amide bonds. The van der Waals surface area contributed by atoms with Crippen molar-refractivity contribution in [2.75, 3.05) is 0 Å². The maximum atomic E-state index is 3.93. The number of aromatic amines is 2. The number of aromatic nitrogens is 6. The third-order valence-corrected chi connectivity index (χ3v) is 1.07. The highest BCUT2D eigenvalue weighted by atomic mass is 15.5. The Bertz CT molecular complexity index is 249. The second-order valence-corrected chi connectivity index (χ2v) is 1.69. The summed E-state index contributed by atoms with van der Waals surface area (Å²) < 4.78 is 0. The Morgan fingerprint density at radius 3 is 2.90 bits per heavy atom. The number of tetrazole rings is 1. The highest BCUT2D eigenvalue weighted by Crippen LogP contribution is 2.02. The van der Waals surface area contributed by atoms with Crippen molar-refractivity contribution < 1.29 is 0 Å². The molecule has 0 aliphatic heterocycles. The fraction of sp³-hybridized carbons (Fsp3) is 0. The van der Waals surface area contributed by atoms with Gasteiger partial charge < -0.3 is 4.98 Å². The van der Waals surface area contributed by atoms with Gasteiger partial charge in [-0.15, -0.1) is 5.10 Å². The lowest BCUT2D eigenvalue weighted by atomic mass is 10.6. The molecule has 0 atom stereocenters. The molecule has 0 radical (unpaired) electrons. The first-order valence-electron chi connectivity index (χ1n) is 2.70. The summed E-state index contributed by atoms with van der Waals surface area (Å²) in [6, 6.07) is 0. The van der Waals surface area contributed by atoms with Crippen molar-refractivity contribution in [1.82, 2.24) is 30.6 Å². The van der Waals surface area contributed by atoms with E-state index in [0.717, 1.165) is 0 Å². The van der Waals surface area contributed by atoms with E-state index in [2.05, 4.69) is 30.6 Å². The number of nitrogens with one attached hydrogen (secondary N) is 2. The predicted molar refractivity (Wildman–Crippen MR) is 31.8 cm³/mol. The SMILES string of the molecule is c1c[nH]c(-c2nnn[nH]2)n1. The fourth-order valence-corrected chi connectivity index (χ4v) is 0.654. The zero-order chi connectivity index (χ0) is 6.81. The van der Waals surface area contributed by atoms with Crippen LogP contribution < -0.4 is 0 Å². The van der Waals surface area contributed by atoms with E-state index in [1.807, 2.05) is 0 Å². The molecule has 0 bridgehead atoms. The van der Waals surface area contributed by atoms with Gasteiger partial charge in [0.25, 0.3) is 0 Å². The van der Waals surface area contributed by atoms with Crippen molar-refractivity contribution >= 4 is 0 Å². The Labute approximate surface area is 55.7 Å². The average molecular weight is 136 g/mol. The summed E-state index contributed by atoms with van der Waals surface area (Å²) in [7, 11) is 0. The Kier molecular flexibility index (Phi) is 0.970. The third-order valence-electron chi connectivity index (χ3n) is 1.07. The zero-order valence-corrected chi connectivity index (χ0v) is 4.94. The minimum absolute atomic E-state index is 0.546. The van der Waals surface area contributed by atoms with Crippen molar-refractivity contribution in [3.63, 3.8) is 0 Å². The van der Waals surface area contributed by atoms with Crippen molar-refractivity contribution in [1.29, 1.82) is 0 Å². The molecule has 0 fully saturated rings. The number of H-pyrrole nitrogens is 2. The molecule has 6 nitrogen and oxygen atoms in total. The van der Waals surface area contributed by atoms with Gasteiger partial charge in [-0.2, -0.15) is 0 Å². The molecule has 0 spiro atoms. The summed E-state index contributed by atoms with van der Waals surface area (Å²) in [6.07, 6.45) is 3.34. The summed E-state index contributed by atoms with van der Waals surface area (Å²) in [5, 5.41) is 13.0. The molecule has 50 valence electrons. The molecule has 6 heteroatoms. The Morgan fingerprint density at radius 2 is 2.30 bits per heavy atom. The van der Waals surface area contributed by atoms with Crippen LogP contribution >= 0.6 is 0 Å². The van der Waals surface area contributed by atoms with Crippen molar-refractivity contribution in [2.45, 2.75) is 0 Å². The first-order chi connectivity index (χ1) is 4.97. The second-order valence-electron chi connectivity index (χ2n) is 1.69. The zero-order valence-electron chi connectivity index (χ0n) is 4.94. The highest BCUT2D eigenvalue weighted by Gasteiger charge is 2.00. The Balaban J connectivity index is 2.48. The summed E-state index contributed by atoms with van der Waals surface area (Å²) in [6.45, 7) is 0. The molecule has 2 rings (SSSR count). The maximum Gasteiger partial charge on any atom is 0.215 e. The largest absolute Gasteiger partial charge is 0.342 e. The molecule has 2 N–H and O–H groups in total. The third kappa shape index (κ3) is 0.661. The molecular formula is C4H4N6. The van der Waals surface area contributed by atoms with E-state index in [9.17, 15) is 0 Å². The van der Waals surface area contributed by atoms with Crippen molar-refractivity contribution in [3.05, 3.63) is 12.4 Å². The van der Waals surface area contributed by atoms with Gasteiger partial charge in [-0.05, 0) is 10.4 Å². The van der Waals surface area contributed by atoms with Crippen LogP contribution in [0.3, 0.4) is 0 Å². The van der Waals surface area contributed by atoms with Crippen LogP contribution in [-0.4, -0.2) is 30.6 Å². The highest BCUT2D eigenvalue weighted by molar-refractivity contribution is 5.39. The number of hydrogen-bond donors (Lipinski definition) is 2. The van der Waals surface area contributed by atoms with Crippen LogP contribution in [0.4, 0.5) is 0 Å². The van der Waals surface area contributed by atoms with E-state index in [1.165, 1.54) is 0 Å². The van der Waals surface area contributed by atoms with Gasteiger partial charge in [-0.3, -0.25) is 0 Å². The van der Waals surface area contributed by atoms with Gasteiger partial charge in [-0.1, -0.05) is 0 Å². The number of imidazole rings is 1. The normalized spacial score (nSPS) is 10.0. The Morgan fingerprint density at radius 1 is 1.30 bits per heavy atom. The minimum Gasteiger partial charge on any atom is -0.342 e. The molecule has 2 aromatic rings. The second kappa shape index (κ2) is 1.90. The van der Waals surface area contributed by atoms with E-state index in [4.69, 9.17) is 0 Å². The lowest BCUT2D eigenvalue weighted by Gasteiger charge is -1.81. The van der Waals surface area contributed by atoms with Crippen LogP contribution in [-0.2, 0) is 0 Å². The lowest BCUT2D eigenvalue weighted by molar-refractivity contribution is 0.881. The molecule has 0 saturated carbocycles. The van der Waals surface area contributed by atoms with E-state index < -0.39 is 0 Å². The van der Waals surface area contributed by atoms with Crippen LogP contribution in [0.2, 0.25) is 0 Å². The topological polar surface area (TPSA) is 83.1 Å². The van der Waals surface area contributed by atoms with Crippen molar-refractivity contribution in [3.8, 4) is 11.6 Å². The molecule has 10 heavy (non-hydrogen) atoms. The quantitative estimate of drug-likeness (QED) is 0.558. The summed E-state index contributed by atoms with van der Waals surface area (Å²) in [5.74, 6) is 1.19. The summed E-state index contributed by atoms with van der Waals surface area (Å²) >= 11 is 0. The Hall–Kier alpha value is -1.72. The number of rotatable bonds is 1. The standard InChI is InChI=1S/C4H4N6/c1-2-6-3(5-1)4-7-9-10-8-4/h1-2H,(H,5,6)(H,7,8,9,10). The van der Waals surface area contributed by atoms with Gasteiger partial charge in [0.15, 0.2) is 5.82 Å². The average Bonchev–Trinajstić information content (AvgIpc) is 2.59. The first-order valence-corrected chi connectivity index (χ1v) is 2.70. The smallest absolute Gasteiger partial charge is 0.215 e. The van der Waals surface area contributed by atoms with Crippen LogP contribution in [0.15, 0.2) is 12.4 Å². The fourth-order valence-electron chi connectivity index (χ4n) is 0.654. The summed E-state index contributed by atoms with van der Waals surface area (Å²) in [4.78, 5) is 6.78. The van der Waals surface area contributed by atoms with Crippen LogP contribution in [0, 0.1) is 0 Å². The van der Waals surface area contributed by atoms with E-state index in [1.54, 1.807) is 12.4 Å². The van der Waals surface area contributed by atoms with Gasteiger partial charge >= 0.3 is 0 Å². The van der Waals surface area contributed by atoms with E-state index in [-0.39, 0.29) is 0 Å². The molecule has 2 aromatic heterocycles. The van der Waals surface area contributed by atoms with Crippen molar-refractivity contribution in [2.24, 2.45) is 0 Å². The number of hydrogen-bond acceptors (Lipinski definition) is 4.